The summed E-state index contributed by atoms with van der Waals surface area (Å²) in [6.45, 7) is 1.43. The van der Waals surface area contributed by atoms with Crippen LogP contribution in [0.15, 0.2) is 42.5 Å². The lowest BCUT2D eigenvalue weighted by molar-refractivity contribution is -0.156. The molecule has 1 aromatic carbocycles. The summed E-state index contributed by atoms with van der Waals surface area (Å²) in [5, 5.41) is 12.0. The van der Waals surface area contributed by atoms with Crippen LogP contribution in [0.2, 0.25) is 0 Å². The van der Waals surface area contributed by atoms with Crippen molar-refractivity contribution < 1.29 is 24.2 Å². The van der Waals surface area contributed by atoms with E-state index in [9.17, 15) is 14.7 Å². The molecule has 2 aliphatic carbocycles. The molecule has 1 heterocycles. The van der Waals surface area contributed by atoms with Crippen LogP contribution in [0.25, 0.3) is 11.1 Å². The first-order valence-electron chi connectivity index (χ1n) is 8.98. The van der Waals surface area contributed by atoms with Crippen molar-refractivity contribution in [2.24, 2.45) is 0 Å². The number of nitrogens with zero attached hydrogens (tertiary/aromatic N) is 1. The van der Waals surface area contributed by atoms with Gasteiger partial charge in [0, 0.05) is 25.1 Å². The number of carbonyl (C=O) groups excluding carboxylic acids is 2. The monoisotopic (exact) mass is 384 g/mol. The molecule has 0 bridgehead atoms. The summed E-state index contributed by atoms with van der Waals surface area (Å²) in [6, 6.07) is 12.7. The molecule has 148 valence electrons. The normalized spacial score (nSPS) is 18.4. The minimum absolute atomic E-state index is 0.213. The van der Waals surface area contributed by atoms with Gasteiger partial charge in [-0.15, -0.1) is 0 Å². The molecule has 0 radical (unpaired) electrons. The van der Waals surface area contributed by atoms with Gasteiger partial charge in [0.1, 0.15) is 17.5 Å². The number of rotatable bonds is 6. The van der Waals surface area contributed by atoms with Crippen molar-refractivity contribution in [1.82, 2.24) is 10.2 Å². The van der Waals surface area contributed by atoms with Crippen LogP contribution < -0.4 is 14.8 Å². The van der Waals surface area contributed by atoms with Gasteiger partial charge in [-0.25, -0.2) is 0 Å². The lowest BCUT2D eigenvalue weighted by atomic mass is 9.94. The van der Waals surface area contributed by atoms with Crippen molar-refractivity contribution in [2.45, 2.75) is 25.6 Å². The predicted octanol–water partition coefficient (Wildman–Crippen LogP) is 1.58. The smallest absolute Gasteiger partial charge is 0.248 e. The van der Waals surface area contributed by atoms with Gasteiger partial charge in [0.2, 0.25) is 11.8 Å². The Morgan fingerprint density at radius 2 is 1.86 bits per heavy atom. The number of benzene rings is 2. The van der Waals surface area contributed by atoms with Gasteiger partial charge in [0.25, 0.3) is 0 Å². The molecule has 0 aromatic heterocycles. The molecule has 2 N–H and O–H groups in total. The van der Waals surface area contributed by atoms with E-state index in [0.29, 0.717) is 18.0 Å². The zero-order chi connectivity index (χ0) is 20.3. The number of amides is 2. The molecular weight excluding hydrogens is 360 g/mol. The molecule has 0 spiro atoms. The maximum absolute atomic E-state index is 12.1. The van der Waals surface area contributed by atoms with E-state index >= 15 is 0 Å². The third kappa shape index (κ3) is 4.09. The van der Waals surface area contributed by atoms with Crippen LogP contribution in [0.1, 0.15) is 12.5 Å². The summed E-state index contributed by atoms with van der Waals surface area (Å²) in [7, 11) is 3.10. The topological polar surface area (TPSA) is 88.1 Å². The second-order valence-electron chi connectivity index (χ2n) is 6.65. The van der Waals surface area contributed by atoms with Crippen LogP contribution in [0, 0.1) is 0 Å². The number of methoxy groups -OCH3 is 2. The Morgan fingerprint density at radius 3 is 2.32 bits per heavy atom. The van der Waals surface area contributed by atoms with E-state index in [0.717, 1.165) is 5.56 Å². The molecule has 4 rings (SSSR count). The quantitative estimate of drug-likeness (QED) is 0.630. The number of β-lactam (4-membered cyclic amide) rings is 1. The van der Waals surface area contributed by atoms with Gasteiger partial charge in [-0.05, 0) is 29.3 Å². The number of ether oxygens (including phenoxy) is 2. The van der Waals surface area contributed by atoms with Crippen molar-refractivity contribution in [3.05, 3.63) is 48.0 Å². The van der Waals surface area contributed by atoms with E-state index < -0.39 is 12.1 Å². The average Bonchev–Trinajstić information content (AvgIpc) is 3.31. The largest absolute Gasteiger partial charge is 0.497 e. The number of aliphatic hydroxyl groups excluding tert-OH is 1. The molecule has 1 fully saturated rings. The number of aliphatic hydroxyl groups is 1. The van der Waals surface area contributed by atoms with Crippen molar-refractivity contribution in [2.75, 3.05) is 20.8 Å². The standard InChI is InChI=1S/C15H20N2O5.C6H4/c1-9(19)16-14-12(8-18)17(15(14)20)7-10-4-5-11(21-2)6-13(10)22-3;1-2-5-4-6(5)3-1/h4-6,12,14,18H,7-8H2,1-3H3,(H,16,19);1-4H. The van der Waals surface area contributed by atoms with E-state index in [1.807, 2.05) is 6.07 Å². The molecule has 7 nitrogen and oxygen atoms in total. The molecular formula is C21H24N2O5. The summed E-state index contributed by atoms with van der Waals surface area (Å²) in [6.07, 6.45) is 0. The molecule has 1 saturated heterocycles. The zero-order valence-electron chi connectivity index (χ0n) is 16.1. The van der Waals surface area contributed by atoms with E-state index in [1.54, 1.807) is 26.4 Å². The number of fused-ring (bicyclic) bond motifs is 1. The molecule has 0 saturated carbocycles. The molecule has 2 unspecified atom stereocenters. The Hall–Kier alpha value is -3.06. The zero-order valence-corrected chi connectivity index (χ0v) is 16.1. The number of hydrogen-bond donors (Lipinski definition) is 2. The summed E-state index contributed by atoms with van der Waals surface area (Å²) in [4.78, 5) is 24.7. The fourth-order valence-corrected chi connectivity index (χ4v) is 3.22. The minimum Gasteiger partial charge on any atom is -0.497 e. The molecule has 1 aromatic rings. The molecule has 2 amide bonds. The van der Waals surface area contributed by atoms with E-state index in [1.165, 1.54) is 23.0 Å². The third-order valence-corrected chi connectivity index (χ3v) is 4.83. The average molecular weight is 384 g/mol. The van der Waals surface area contributed by atoms with Crippen molar-refractivity contribution >= 4 is 11.8 Å². The lowest BCUT2D eigenvalue weighted by Crippen LogP contribution is -2.71. The van der Waals surface area contributed by atoms with E-state index in [-0.39, 0.29) is 18.4 Å². The van der Waals surface area contributed by atoms with Gasteiger partial charge in [0.05, 0.1) is 26.9 Å². The maximum atomic E-state index is 12.1. The maximum Gasteiger partial charge on any atom is 0.248 e. The predicted molar refractivity (Wildman–Crippen MR) is 104 cm³/mol. The highest BCUT2D eigenvalue weighted by Crippen LogP contribution is 2.32. The van der Waals surface area contributed by atoms with Gasteiger partial charge in [-0.2, -0.15) is 0 Å². The van der Waals surface area contributed by atoms with Crippen LogP contribution in [0.5, 0.6) is 11.5 Å². The highest BCUT2D eigenvalue weighted by atomic mass is 16.5. The van der Waals surface area contributed by atoms with Crippen LogP contribution >= 0.6 is 0 Å². The minimum atomic E-state index is -0.660. The van der Waals surface area contributed by atoms with Gasteiger partial charge in [0.15, 0.2) is 0 Å². The first-order valence-corrected chi connectivity index (χ1v) is 8.98. The number of hydrogen-bond acceptors (Lipinski definition) is 5. The fraction of sp³-hybridized carbons (Fsp3) is 0.333. The molecule has 7 heteroatoms. The lowest BCUT2D eigenvalue weighted by Gasteiger charge is -2.46. The summed E-state index contributed by atoms with van der Waals surface area (Å²) >= 11 is 0. The van der Waals surface area contributed by atoms with Gasteiger partial charge < -0.3 is 24.8 Å². The number of likely N-dealkylation sites (tertiary alicyclic amines) is 1. The summed E-state index contributed by atoms with van der Waals surface area (Å²) < 4.78 is 10.4. The second kappa shape index (κ2) is 8.31. The molecule has 1 aliphatic heterocycles. The first-order chi connectivity index (χ1) is 13.5. The number of nitrogens with one attached hydrogen (secondary N) is 1. The Morgan fingerprint density at radius 1 is 1.14 bits per heavy atom. The Kier molecular flexibility index (Phi) is 5.84. The first kappa shape index (κ1) is 19.7. The third-order valence-electron chi connectivity index (χ3n) is 4.83. The van der Waals surface area contributed by atoms with Gasteiger partial charge in [-0.3, -0.25) is 9.59 Å². The molecule has 3 aliphatic rings. The second-order valence-corrected chi connectivity index (χ2v) is 6.65. The SMILES string of the molecule is COc1ccc(CN2C(=O)C(NC(C)=O)C2CO)c(OC)c1.c1cc2cc-2c1. The Bertz CT molecular complexity index is 866. The fourth-order valence-electron chi connectivity index (χ4n) is 3.22. The van der Waals surface area contributed by atoms with Crippen molar-refractivity contribution in [1.29, 1.82) is 0 Å². The van der Waals surface area contributed by atoms with Gasteiger partial charge >= 0.3 is 0 Å². The van der Waals surface area contributed by atoms with E-state index in [2.05, 4.69) is 29.6 Å². The molecule has 2 atom stereocenters. The Labute approximate surface area is 163 Å². The van der Waals surface area contributed by atoms with Crippen LogP contribution in [0.3, 0.4) is 0 Å². The van der Waals surface area contributed by atoms with Gasteiger partial charge in [-0.1, -0.05) is 18.2 Å². The highest BCUT2D eigenvalue weighted by Gasteiger charge is 2.47. The van der Waals surface area contributed by atoms with Crippen LogP contribution in [-0.4, -0.2) is 54.7 Å². The Balaban J connectivity index is 0.000000311. The summed E-state index contributed by atoms with van der Waals surface area (Å²) in [5.74, 6) is 0.753. The highest BCUT2D eigenvalue weighted by molar-refractivity contribution is 5.93. The number of carbonyl (C=O) groups is 2. The van der Waals surface area contributed by atoms with E-state index in [4.69, 9.17) is 9.47 Å². The van der Waals surface area contributed by atoms with Crippen molar-refractivity contribution in [3.63, 3.8) is 0 Å². The van der Waals surface area contributed by atoms with Crippen LogP contribution in [0.4, 0.5) is 0 Å². The summed E-state index contributed by atoms with van der Waals surface area (Å²) in [5.41, 5.74) is 3.65. The molecule has 28 heavy (non-hydrogen) atoms. The van der Waals surface area contributed by atoms with Crippen LogP contribution in [-0.2, 0) is 16.1 Å². The van der Waals surface area contributed by atoms with Crippen molar-refractivity contribution in [3.8, 4) is 22.6 Å².